The third-order valence-corrected chi connectivity index (χ3v) is 2.84. The first kappa shape index (κ1) is 14.8. The molecular formula is C16H19N3O2. The van der Waals surface area contributed by atoms with E-state index in [1.165, 1.54) is 0 Å². The van der Waals surface area contributed by atoms with Crippen molar-refractivity contribution >= 4 is 17.3 Å². The Hall–Kier alpha value is -2.56. The fourth-order valence-corrected chi connectivity index (χ4v) is 1.95. The lowest BCUT2D eigenvalue weighted by atomic mass is 10.1. The summed E-state index contributed by atoms with van der Waals surface area (Å²) in [6.07, 6.45) is 1.63. The molecule has 2 aromatic rings. The second kappa shape index (κ2) is 7.28. The Balaban J connectivity index is 2.22. The number of pyridine rings is 1. The Labute approximate surface area is 124 Å². The van der Waals surface area contributed by atoms with Crippen LogP contribution in [0.25, 0.3) is 0 Å². The second-order valence-electron chi connectivity index (χ2n) is 4.32. The minimum absolute atomic E-state index is 0.194. The van der Waals surface area contributed by atoms with Crippen LogP contribution in [0.15, 0.2) is 42.6 Å². The number of aromatic nitrogens is 1. The quantitative estimate of drug-likeness (QED) is 0.855. The highest BCUT2D eigenvalue weighted by Gasteiger charge is 2.13. The van der Waals surface area contributed by atoms with Crippen LogP contribution < -0.4 is 15.4 Å². The number of benzene rings is 1. The molecule has 0 fully saturated rings. The lowest BCUT2D eigenvalue weighted by molar-refractivity contribution is 0.102. The highest BCUT2D eigenvalue weighted by Crippen LogP contribution is 2.23. The molecule has 1 amide bonds. The SMILES string of the molecule is CCNc1ccccc1C(=O)Nc1cccnc1OCC. The van der Waals surface area contributed by atoms with Crippen LogP contribution in [0.3, 0.4) is 0 Å². The maximum Gasteiger partial charge on any atom is 0.257 e. The van der Waals surface area contributed by atoms with Gasteiger partial charge in [0.1, 0.15) is 5.69 Å². The van der Waals surface area contributed by atoms with Gasteiger partial charge in [-0.3, -0.25) is 4.79 Å². The molecule has 21 heavy (non-hydrogen) atoms. The van der Waals surface area contributed by atoms with Crippen LogP contribution in [0.2, 0.25) is 0 Å². The average molecular weight is 285 g/mol. The van der Waals surface area contributed by atoms with Gasteiger partial charge in [-0.1, -0.05) is 12.1 Å². The number of amides is 1. The van der Waals surface area contributed by atoms with Crippen molar-refractivity contribution < 1.29 is 9.53 Å². The second-order valence-corrected chi connectivity index (χ2v) is 4.32. The van der Waals surface area contributed by atoms with Gasteiger partial charge < -0.3 is 15.4 Å². The maximum absolute atomic E-state index is 12.4. The fraction of sp³-hybridized carbons (Fsp3) is 0.250. The third kappa shape index (κ3) is 3.72. The number of carbonyl (C=O) groups is 1. The van der Waals surface area contributed by atoms with Gasteiger partial charge in [0.25, 0.3) is 5.91 Å². The van der Waals surface area contributed by atoms with Gasteiger partial charge in [0.2, 0.25) is 5.88 Å². The average Bonchev–Trinajstić information content (AvgIpc) is 2.50. The molecule has 1 heterocycles. The number of nitrogens with zero attached hydrogens (tertiary/aromatic N) is 1. The predicted molar refractivity (Wildman–Crippen MR) is 84.0 cm³/mol. The molecule has 0 aliphatic rings. The van der Waals surface area contributed by atoms with E-state index >= 15 is 0 Å². The molecular weight excluding hydrogens is 266 g/mol. The Morgan fingerprint density at radius 3 is 2.67 bits per heavy atom. The highest BCUT2D eigenvalue weighted by molar-refractivity contribution is 6.08. The Morgan fingerprint density at radius 1 is 1.14 bits per heavy atom. The van der Waals surface area contributed by atoms with Gasteiger partial charge in [0, 0.05) is 18.4 Å². The van der Waals surface area contributed by atoms with Gasteiger partial charge in [-0.15, -0.1) is 0 Å². The maximum atomic E-state index is 12.4. The van der Waals surface area contributed by atoms with E-state index < -0.39 is 0 Å². The molecule has 2 N–H and O–H groups in total. The number of hydrogen-bond donors (Lipinski definition) is 2. The first-order chi connectivity index (χ1) is 10.3. The van der Waals surface area contributed by atoms with E-state index in [2.05, 4.69) is 15.6 Å². The van der Waals surface area contributed by atoms with Gasteiger partial charge in [0.05, 0.1) is 12.2 Å². The molecule has 0 aliphatic carbocycles. The molecule has 1 aromatic carbocycles. The minimum Gasteiger partial charge on any atom is -0.476 e. The summed E-state index contributed by atoms with van der Waals surface area (Å²) in [7, 11) is 0. The van der Waals surface area contributed by atoms with E-state index in [1.54, 1.807) is 24.4 Å². The van der Waals surface area contributed by atoms with Crippen LogP contribution >= 0.6 is 0 Å². The van der Waals surface area contributed by atoms with E-state index in [0.717, 1.165) is 12.2 Å². The monoisotopic (exact) mass is 285 g/mol. The normalized spacial score (nSPS) is 10.0. The van der Waals surface area contributed by atoms with Gasteiger partial charge >= 0.3 is 0 Å². The van der Waals surface area contributed by atoms with Crippen molar-refractivity contribution in [1.82, 2.24) is 4.98 Å². The lowest BCUT2D eigenvalue weighted by Gasteiger charge is -2.12. The van der Waals surface area contributed by atoms with E-state index in [0.29, 0.717) is 23.7 Å². The topological polar surface area (TPSA) is 63.2 Å². The van der Waals surface area contributed by atoms with Gasteiger partial charge in [-0.25, -0.2) is 4.98 Å². The number of carbonyl (C=O) groups excluding carboxylic acids is 1. The van der Waals surface area contributed by atoms with Gasteiger partial charge in [-0.05, 0) is 38.1 Å². The first-order valence-corrected chi connectivity index (χ1v) is 6.98. The number of para-hydroxylation sites is 1. The molecule has 0 bridgehead atoms. The van der Waals surface area contributed by atoms with E-state index in [4.69, 9.17) is 4.74 Å². The number of ether oxygens (including phenoxy) is 1. The largest absolute Gasteiger partial charge is 0.476 e. The standard InChI is InChI=1S/C16H19N3O2/c1-3-17-13-9-6-5-8-12(13)15(20)19-14-10-7-11-18-16(14)21-4-2/h5-11,17H,3-4H2,1-2H3,(H,19,20). The van der Waals surface area contributed by atoms with Crippen molar-refractivity contribution in [3.8, 4) is 5.88 Å². The van der Waals surface area contributed by atoms with E-state index in [9.17, 15) is 4.79 Å². The fourth-order valence-electron chi connectivity index (χ4n) is 1.95. The van der Waals surface area contributed by atoms with Crippen LogP contribution in [-0.4, -0.2) is 24.0 Å². The summed E-state index contributed by atoms with van der Waals surface area (Å²) < 4.78 is 5.41. The summed E-state index contributed by atoms with van der Waals surface area (Å²) in [6, 6.07) is 10.9. The van der Waals surface area contributed by atoms with Crippen LogP contribution in [0, 0.1) is 0 Å². The summed E-state index contributed by atoms with van der Waals surface area (Å²) in [5.74, 6) is 0.231. The molecule has 5 nitrogen and oxygen atoms in total. The molecule has 110 valence electrons. The number of hydrogen-bond acceptors (Lipinski definition) is 4. The molecule has 5 heteroatoms. The summed E-state index contributed by atoms with van der Waals surface area (Å²) in [6.45, 7) is 5.11. The molecule has 2 rings (SSSR count). The van der Waals surface area contributed by atoms with E-state index in [-0.39, 0.29) is 5.91 Å². The van der Waals surface area contributed by atoms with E-state index in [1.807, 2.05) is 32.0 Å². The van der Waals surface area contributed by atoms with Crippen LogP contribution in [0.4, 0.5) is 11.4 Å². The Morgan fingerprint density at radius 2 is 1.90 bits per heavy atom. The Bertz CT molecular complexity index is 614. The Kier molecular flexibility index (Phi) is 5.15. The molecule has 0 aliphatic heterocycles. The zero-order valence-electron chi connectivity index (χ0n) is 12.2. The van der Waals surface area contributed by atoms with Crippen molar-refractivity contribution in [1.29, 1.82) is 0 Å². The zero-order valence-corrected chi connectivity index (χ0v) is 12.2. The van der Waals surface area contributed by atoms with Crippen molar-refractivity contribution in [2.75, 3.05) is 23.8 Å². The van der Waals surface area contributed by atoms with Crippen LogP contribution in [0.5, 0.6) is 5.88 Å². The van der Waals surface area contributed by atoms with Crippen molar-refractivity contribution in [2.24, 2.45) is 0 Å². The molecule has 0 radical (unpaired) electrons. The molecule has 0 atom stereocenters. The third-order valence-electron chi connectivity index (χ3n) is 2.84. The summed E-state index contributed by atoms with van der Waals surface area (Å²) in [5.41, 5.74) is 1.96. The molecule has 0 unspecified atom stereocenters. The lowest BCUT2D eigenvalue weighted by Crippen LogP contribution is -2.15. The van der Waals surface area contributed by atoms with Crippen molar-refractivity contribution in [3.63, 3.8) is 0 Å². The zero-order chi connectivity index (χ0) is 15.1. The van der Waals surface area contributed by atoms with Crippen LogP contribution in [0.1, 0.15) is 24.2 Å². The first-order valence-electron chi connectivity index (χ1n) is 6.98. The van der Waals surface area contributed by atoms with Crippen molar-refractivity contribution in [2.45, 2.75) is 13.8 Å². The number of nitrogens with one attached hydrogen (secondary N) is 2. The van der Waals surface area contributed by atoms with Gasteiger partial charge in [-0.2, -0.15) is 0 Å². The highest BCUT2D eigenvalue weighted by atomic mass is 16.5. The van der Waals surface area contributed by atoms with Crippen molar-refractivity contribution in [3.05, 3.63) is 48.2 Å². The predicted octanol–water partition coefficient (Wildman–Crippen LogP) is 3.16. The van der Waals surface area contributed by atoms with Gasteiger partial charge in [0.15, 0.2) is 0 Å². The molecule has 1 aromatic heterocycles. The van der Waals surface area contributed by atoms with Crippen LogP contribution in [-0.2, 0) is 0 Å². The molecule has 0 saturated heterocycles. The summed E-state index contributed by atoms with van der Waals surface area (Å²) in [4.78, 5) is 16.6. The minimum atomic E-state index is -0.194. The molecule has 0 saturated carbocycles. The smallest absolute Gasteiger partial charge is 0.257 e. The molecule has 0 spiro atoms. The summed E-state index contributed by atoms with van der Waals surface area (Å²) in [5, 5.41) is 6.02. The number of anilines is 2. The summed E-state index contributed by atoms with van der Waals surface area (Å²) >= 11 is 0. The number of rotatable bonds is 6.